The Balaban J connectivity index is 2.02. The van der Waals surface area contributed by atoms with Crippen LogP contribution < -0.4 is 0 Å². The van der Waals surface area contributed by atoms with Crippen LogP contribution >= 0.6 is 35.4 Å². The van der Waals surface area contributed by atoms with Crippen LogP contribution in [0.25, 0.3) is 11.4 Å². The third-order valence-corrected chi connectivity index (χ3v) is 4.03. The van der Waals surface area contributed by atoms with Gasteiger partial charge in [-0.1, -0.05) is 41.4 Å². The van der Waals surface area contributed by atoms with Gasteiger partial charge in [0.15, 0.2) is 5.82 Å². The Morgan fingerprint density at radius 3 is 2.70 bits per heavy atom. The van der Waals surface area contributed by atoms with Gasteiger partial charge in [-0.3, -0.25) is 0 Å². The van der Waals surface area contributed by atoms with E-state index in [1.54, 1.807) is 36.4 Å². The highest BCUT2D eigenvalue weighted by Gasteiger charge is 2.12. The second kappa shape index (κ2) is 6.62. The van der Waals surface area contributed by atoms with Gasteiger partial charge in [0.05, 0.1) is 21.8 Å². The van der Waals surface area contributed by atoms with Gasteiger partial charge in [0.25, 0.3) is 0 Å². The molecule has 116 valence electrons. The van der Waals surface area contributed by atoms with E-state index in [0.29, 0.717) is 15.6 Å². The highest BCUT2D eigenvalue weighted by atomic mass is 35.5. The van der Waals surface area contributed by atoms with Gasteiger partial charge in [-0.05, 0) is 42.0 Å². The highest BCUT2D eigenvalue weighted by Crippen LogP contribution is 2.23. The number of aromatic amines is 1. The minimum Gasteiger partial charge on any atom is -0.250 e. The molecule has 0 aliphatic heterocycles. The van der Waals surface area contributed by atoms with E-state index < -0.39 is 5.82 Å². The van der Waals surface area contributed by atoms with E-state index in [0.717, 1.165) is 5.56 Å². The second-order valence-electron chi connectivity index (χ2n) is 4.56. The number of aromatic nitrogens is 3. The first-order valence-corrected chi connectivity index (χ1v) is 7.64. The molecule has 0 saturated carbocycles. The molecule has 0 unspecified atom stereocenters. The highest BCUT2D eigenvalue weighted by molar-refractivity contribution is 7.71. The van der Waals surface area contributed by atoms with Crippen molar-refractivity contribution in [1.29, 1.82) is 0 Å². The zero-order chi connectivity index (χ0) is 16.4. The lowest BCUT2D eigenvalue weighted by molar-refractivity contribution is 0.628. The Hall–Kier alpha value is -2.02. The van der Waals surface area contributed by atoms with Crippen molar-refractivity contribution < 1.29 is 4.39 Å². The summed E-state index contributed by atoms with van der Waals surface area (Å²) in [6.07, 6.45) is 1.54. The summed E-state index contributed by atoms with van der Waals surface area (Å²) in [5.41, 5.74) is 1.02. The molecule has 0 atom stereocenters. The van der Waals surface area contributed by atoms with E-state index in [4.69, 9.17) is 35.4 Å². The Kier molecular flexibility index (Phi) is 4.56. The summed E-state index contributed by atoms with van der Waals surface area (Å²) in [6, 6.07) is 11.3. The molecule has 2 aromatic carbocycles. The van der Waals surface area contributed by atoms with Crippen molar-refractivity contribution in [2.45, 2.75) is 0 Å². The fourth-order valence-corrected chi connectivity index (χ4v) is 2.42. The monoisotopic (exact) mass is 366 g/mol. The van der Waals surface area contributed by atoms with Gasteiger partial charge in [-0.25, -0.2) is 9.49 Å². The summed E-state index contributed by atoms with van der Waals surface area (Å²) in [7, 11) is 0. The summed E-state index contributed by atoms with van der Waals surface area (Å²) in [5, 5.41) is 11.8. The van der Waals surface area contributed by atoms with E-state index in [2.05, 4.69) is 15.3 Å². The molecule has 0 spiro atoms. The van der Waals surface area contributed by atoms with Crippen LogP contribution in [0, 0.1) is 10.6 Å². The Morgan fingerprint density at radius 2 is 1.96 bits per heavy atom. The molecule has 8 heteroatoms. The summed E-state index contributed by atoms with van der Waals surface area (Å²) >= 11 is 17.0. The fraction of sp³-hybridized carbons (Fsp3) is 0. The molecule has 0 bridgehead atoms. The summed E-state index contributed by atoms with van der Waals surface area (Å²) in [5.74, 6) is -0.128. The minimum atomic E-state index is -0.410. The quantitative estimate of drug-likeness (QED) is 0.527. The van der Waals surface area contributed by atoms with E-state index in [1.165, 1.54) is 17.0 Å². The maximum absolute atomic E-state index is 13.9. The average molecular weight is 367 g/mol. The van der Waals surface area contributed by atoms with Crippen molar-refractivity contribution in [3.8, 4) is 11.4 Å². The van der Waals surface area contributed by atoms with Crippen LogP contribution in [-0.2, 0) is 0 Å². The van der Waals surface area contributed by atoms with Crippen molar-refractivity contribution in [2.75, 3.05) is 0 Å². The topological polar surface area (TPSA) is 46.0 Å². The number of hydrogen-bond acceptors (Lipinski definition) is 3. The lowest BCUT2D eigenvalue weighted by Crippen LogP contribution is -1.96. The van der Waals surface area contributed by atoms with Gasteiger partial charge in [0, 0.05) is 0 Å². The minimum absolute atomic E-state index is 0.250. The zero-order valence-corrected chi connectivity index (χ0v) is 13.8. The molecule has 1 aromatic heterocycles. The summed E-state index contributed by atoms with van der Waals surface area (Å²) < 4.78 is 15.5. The molecule has 1 heterocycles. The molecule has 3 aromatic rings. The average Bonchev–Trinajstić information content (AvgIpc) is 2.90. The molecule has 1 N–H and O–H groups in total. The van der Waals surface area contributed by atoms with Crippen molar-refractivity contribution in [3.63, 3.8) is 0 Å². The van der Waals surface area contributed by atoms with Gasteiger partial charge in [-0.2, -0.15) is 14.9 Å². The van der Waals surface area contributed by atoms with Crippen LogP contribution in [0.2, 0.25) is 10.0 Å². The Bertz CT molecular complexity index is 949. The van der Waals surface area contributed by atoms with Gasteiger partial charge in [-0.15, -0.1) is 0 Å². The summed E-state index contributed by atoms with van der Waals surface area (Å²) in [4.78, 5) is 0. The lowest BCUT2D eigenvalue weighted by atomic mass is 10.2. The molecule has 0 aliphatic carbocycles. The maximum Gasteiger partial charge on any atom is 0.216 e. The predicted molar refractivity (Wildman–Crippen MR) is 92.3 cm³/mol. The van der Waals surface area contributed by atoms with E-state index in [1.807, 2.05) is 0 Å². The van der Waals surface area contributed by atoms with E-state index in [9.17, 15) is 4.39 Å². The number of H-pyrrole nitrogens is 1. The molecule has 0 radical (unpaired) electrons. The van der Waals surface area contributed by atoms with Gasteiger partial charge < -0.3 is 0 Å². The van der Waals surface area contributed by atoms with Crippen molar-refractivity contribution in [2.24, 2.45) is 5.10 Å². The van der Waals surface area contributed by atoms with Crippen LogP contribution in [0.5, 0.6) is 0 Å². The van der Waals surface area contributed by atoms with Crippen LogP contribution in [0.1, 0.15) is 5.56 Å². The van der Waals surface area contributed by atoms with Gasteiger partial charge in [0.1, 0.15) is 5.82 Å². The molecule has 0 saturated heterocycles. The largest absolute Gasteiger partial charge is 0.250 e. The van der Waals surface area contributed by atoms with Gasteiger partial charge >= 0.3 is 0 Å². The number of rotatable bonds is 3. The number of halogens is 3. The van der Waals surface area contributed by atoms with Crippen LogP contribution in [0.15, 0.2) is 47.6 Å². The third kappa shape index (κ3) is 3.34. The molecular weight excluding hydrogens is 358 g/mol. The fourth-order valence-electron chi connectivity index (χ4n) is 1.93. The number of benzene rings is 2. The smallest absolute Gasteiger partial charge is 0.216 e. The van der Waals surface area contributed by atoms with E-state index in [-0.39, 0.29) is 10.6 Å². The van der Waals surface area contributed by atoms with Crippen LogP contribution in [0.3, 0.4) is 0 Å². The number of nitrogens with one attached hydrogen (secondary N) is 1. The molecule has 4 nitrogen and oxygen atoms in total. The Morgan fingerprint density at radius 1 is 1.17 bits per heavy atom. The van der Waals surface area contributed by atoms with Crippen LogP contribution in [-0.4, -0.2) is 21.1 Å². The van der Waals surface area contributed by atoms with Crippen molar-refractivity contribution in [3.05, 3.63) is 68.7 Å². The zero-order valence-electron chi connectivity index (χ0n) is 11.5. The first-order valence-electron chi connectivity index (χ1n) is 6.48. The molecule has 0 fully saturated rings. The SMILES string of the molecule is Fc1ccccc1-c1n[nH]c(=S)n1N=Cc1ccc(Cl)c(Cl)c1. The van der Waals surface area contributed by atoms with Crippen molar-refractivity contribution >= 4 is 41.6 Å². The predicted octanol–water partition coefficient (Wildman–Crippen LogP) is 4.94. The maximum atomic E-state index is 13.9. The van der Waals surface area contributed by atoms with Crippen molar-refractivity contribution in [1.82, 2.24) is 14.9 Å². The molecular formula is C15H9Cl2FN4S. The molecule has 3 rings (SSSR count). The second-order valence-corrected chi connectivity index (χ2v) is 5.76. The number of hydrogen-bond donors (Lipinski definition) is 1. The first-order chi connectivity index (χ1) is 11.1. The number of nitrogens with zero attached hydrogens (tertiary/aromatic N) is 3. The summed E-state index contributed by atoms with van der Waals surface area (Å²) in [6.45, 7) is 0. The molecule has 0 aliphatic rings. The Labute approximate surface area is 146 Å². The van der Waals surface area contributed by atoms with Gasteiger partial charge in [0.2, 0.25) is 4.77 Å². The molecule has 23 heavy (non-hydrogen) atoms. The third-order valence-electron chi connectivity index (χ3n) is 3.03. The normalized spacial score (nSPS) is 11.3. The molecule has 0 amide bonds. The standard InChI is InChI=1S/C15H9Cl2FN4S/c16-11-6-5-9(7-12(11)17)8-19-22-14(20-21-15(22)23)10-3-1-2-4-13(10)18/h1-8H,(H,21,23). The van der Waals surface area contributed by atoms with E-state index >= 15 is 0 Å². The first kappa shape index (κ1) is 15.9. The van der Waals surface area contributed by atoms with Crippen LogP contribution in [0.4, 0.5) is 4.39 Å². The lowest BCUT2D eigenvalue weighted by Gasteiger charge is -2.02.